The van der Waals surface area contributed by atoms with Gasteiger partial charge in [0.05, 0.1) is 10.6 Å². The maximum absolute atomic E-state index is 13.1. The first-order chi connectivity index (χ1) is 14.6. The van der Waals surface area contributed by atoms with Crippen LogP contribution in [0.4, 0.5) is 0 Å². The average Bonchev–Trinajstić information content (AvgIpc) is 3.54. The first-order valence-electron chi connectivity index (χ1n) is 11.9. The quantitative estimate of drug-likeness (QED) is 0.734. The lowest BCUT2D eigenvalue weighted by Crippen LogP contribution is -2.45. The fourth-order valence-electron chi connectivity index (χ4n) is 5.35. The van der Waals surface area contributed by atoms with Gasteiger partial charge in [-0.15, -0.1) is 11.3 Å². The highest BCUT2D eigenvalue weighted by molar-refractivity contribution is 7.20. The zero-order chi connectivity index (χ0) is 20.7. The predicted octanol–water partition coefficient (Wildman–Crippen LogP) is 4.96. The van der Waals surface area contributed by atoms with E-state index in [0.717, 1.165) is 64.0 Å². The Morgan fingerprint density at radius 1 is 1.03 bits per heavy atom. The molecule has 3 fully saturated rings. The Morgan fingerprint density at radius 3 is 2.47 bits per heavy atom. The van der Waals surface area contributed by atoms with Crippen LogP contribution in [0.1, 0.15) is 90.5 Å². The minimum Gasteiger partial charge on any atom is -0.349 e. The molecule has 0 bridgehead atoms. The lowest BCUT2D eigenvalue weighted by Gasteiger charge is -2.35. The third-order valence-corrected chi connectivity index (χ3v) is 8.49. The summed E-state index contributed by atoms with van der Waals surface area (Å²) in [5.74, 6) is 2.48. The van der Waals surface area contributed by atoms with Gasteiger partial charge in [0.2, 0.25) is 0 Å². The van der Waals surface area contributed by atoms with E-state index in [1.54, 1.807) is 11.3 Å². The summed E-state index contributed by atoms with van der Waals surface area (Å²) in [5, 5.41) is 4.41. The summed E-state index contributed by atoms with van der Waals surface area (Å²) in [4.78, 5) is 27.0. The Hall–Kier alpha value is -1.53. The highest BCUT2D eigenvalue weighted by Gasteiger charge is 2.29. The van der Waals surface area contributed by atoms with Crippen molar-refractivity contribution in [3.63, 3.8) is 0 Å². The van der Waals surface area contributed by atoms with Gasteiger partial charge in [0.25, 0.3) is 5.91 Å². The third-order valence-electron chi connectivity index (χ3n) is 7.30. The Morgan fingerprint density at radius 2 is 1.77 bits per heavy atom. The van der Waals surface area contributed by atoms with E-state index in [1.807, 2.05) is 6.92 Å². The van der Waals surface area contributed by atoms with Crippen LogP contribution >= 0.6 is 11.3 Å². The van der Waals surface area contributed by atoms with Gasteiger partial charge in [0.1, 0.15) is 10.7 Å². The van der Waals surface area contributed by atoms with E-state index in [-0.39, 0.29) is 5.91 Å². The van der Waals surface area contributed by atoms with Crippen LogP contribution in [0.2, 0.25) is 0 Å². The highest BCUT2D eigenvalue weighted by Crippen LogP contribution is 2.40. The Balaban J connectivity index is 1.21. The topological polar surface area (TPSA) is 58.1 Å². The minimum absolute atomic E-state index is 0.0774. The zero-order valence-corrected chi connectivity index (χ0v) is 19.2. The second-order valence-electron chi connectivity index (χ2n) is 9.73. The van der Waals surface area contributed by atoms with Gasteiger partial charge in [-0.2, -0.15) is 0 Å². The number of aryl methyl sites for hydroxylation is 2. The standard InChI is InChI=1S/C24H34N4OS/c1-15-20-16(2)25-22(18-8-9-18)27-24(20)30-21(15)23(29)26-19-10-12-28(13-11-19)14-17-6-4-3-5-7-17/h17-19H,3-14H2,1-2H3,(H,26,29). The van der Waals surface area contributed by atoms with Crippen LogP contribution < -0.4 is 5.32 Å². The van der Waals surface area contributed by atoms with Crippen molar-refractivity contribution in [1.82, 2.24) is 20.2 Å². The zero-order valence-electron chi connectivity index (χ0n) is 18.4. The number of aromatic nitrogens is 2. The molecule has 0 unspecified atom stereocenters. The van der Waals surface area contributed by atoms with Crippen LogP contribution in [0.15, 0.2) is 0 Å². The number of amides is 1. The molecule has 3 heterocycles. The van der Waals surface area contributed by atoms with Crippen molar-refractivity contribution < 1.29 is 4.79 Å². The van der Waals surface area contributed by atoms with Crippen molar-refractivity contribution in [2.24, 2.45) is 5.92 Å². The number of hydrogen-bond donors (Lipinski definition) is 1. The third kappa shape index (κ3) is 4.26. The molecule has 1 amide bonds. The van der Waals surface area contributed by atoms with Crippen molar-refractivity contribution in [3.05, 3.63) is 22.0 Å². The molecule has 0 atom stereocenters. The van der Waals surface area contributed by atoms with Crippen LogP contribution in [-0.2, 0) is 0 Å². The predicted molar refractivity (Wildman–Crippen MR) is 122 cm³/mol. The van der Waals surface area contributed by atoms with E-state index in [1.165, 1.54) is 51.5 Å². The molecular weight excluding hydrogens is 392 g/mol. The largest absolute Gasteiger partial charge is 0.349 e. The van der Waals surface area contributed by atoms with Crippen molar-refractivity contribution >= 4 is 27.5 Å². The monoisotopic (exact) mass is 426 g/mol. The van der Waals surface area contributed by atoms with Gasteiger partial charge in [-0.3, -0.25) is 4.79 Å². The molecule has 6 heteroatoms. The summed E-state index contributed by atoms with van der Waals surface area (Å²) in [5.41, 5.74) is 2.06. The molecule has 0 spiro atoms. The van der Waals surface area contributed by atoms with E-state index in [4.69, 9.17) is 9.97 Å². The fraction of sp³-hybridized carbons (Fsp3) is 0.708. The van der Waals surface area contributed by atoms with Crippen LogP contribution in [-0.4, -0.2) is 46.5 Å². The summed E-state index contributed by atoms with van der Waals surface area (Å²) in [6, 6.07) is 0.291. The molecule has 30 heavy (non-hydrogen) atoms. The Labute approximate surface area is 183 Å². The van der Waals surface area contributed by atoms with Crippen LogP contribution in [0, 0.1) is 19.8 Å². The second kappa shape index (κ2) is 8.54. The SMILES string of the molecule is Cc1nc(C2CC2)nc2sc(C(=O)NC3CCN(CC4CCCCC4)CC3)c(C)c12. The maximum Gasteiger partial charge on any atom is 0.261 e. The molecule has 1 N–H and O–H groups in total. The average molecular weight is 427 g/mol. The Bertz CT molecular complexity index is 921. The number of likely N-dealkylation sites (tertiary alicyclic amines) is 1. The summed E-state index contributed by atoms with van der Waals surface area (Å²) >= 11 is 1.54. The molecule has 0 aromatic carbocycles. The molecule has 5 nitrogen and oxygen atoms in total. The number of thiophene rings is 1. The van der Waals surface area contributed by atoms with Crippen molar-refractivity contribution in [1.29, 1.82) is 0 Å². The van der Waals surface area contributed by atoms with Gasteiger partial charge in [0, 0.05) is 37.0 Å². The number of hydrogen-bond acceptors (Lipinski definition) is 5. The van der Waals surface area contributed by atoms with Crippen molar-refractivity contribution in [2.45, 2.75) is 83.6 Å². The number of nitrogens with zero attached hydrogens (tertiary/aromatic N) is 3. The molecular formula is C24H34N4OS. The second-order valence-corrected chi connectivity index (χ2v) is 10.7. The molecule has 1 aliphatic heterocycles. The smallest absolute Gasteiger partial charge is 0.261 e. The summed E-state index contributed by atoms with van der Waals surface area (Å²) in [6.07, 6.45) is 11.6. The fourth-order valence-corrected chi connectivity index (χ4v) is 6.49. The number of carbonyl (C=O) groups excluding carboxylic acids is 1. The molecule has 2 aromatic heterocycles. The van der Waals surface area contributed by atoms with Crippen LogP contribution in [0.25, 0.3) is 10.2 Å². The van der Waals surface area contributed by atoms with E-state index in [2.05, 4.69) is 17.1 Å². The number of nitrogens with one attached hydrogen (secondary N) is 1. The molecule has 2 saturated carbocycles. The maximum atomic E-state index is 13.1. The number of carbonyl (C=O) groups is 1. The van der Waals surface area contributed by atoms with Crippen molar-refractivity contribution in [2.75, 3.05) is 19.6 Å². The van der Waals surface area contributed by atoms with Gasteiger partial charge in [-0.1, -0.05) is 19.3 Å². The minimum atomic E-state index is 0.0774. The first kappa shape index (κ1) is 20.4. The summed E-state index contributed by atoms with van der Waals surface area (Å²) in [7, 11) is 0. The van der Waals surface area contributed by atoms with E-state index in [9.17, 15) is 4.79 Å². The molecule has 162 valence electrons. The van der Waals surface area contributed by atoms with Gasteiger partial charge in [-0.05, 0) is 63.9 Å². The highest BCUT2D eigenvalue weighted by atomic mass is 32.1. The van der Waals surface area contributed by atoms with Gasteiger partial charge in [-0.25, -0.2) is 9.97 Å². The lowest BCUT2D eigenvalue weighted by atomic mass is 9.88. The Kier molecular flexibility index (Phi) is 5.80. The normalized spacial score (nSPS) is 21.9. The summed E-state index contributed by atoms with van der Waals surface area (Å²) in [6.45, 7) is 7.59. The molecule has 0 radical (unpaired) electrons. The van der Waals surface area contributed by atoms with Crippen molar-refractivity contribution in [3.8, 4) is 0 Å². The first-order valence-corrected chi connectivity index (χ1v) is 12.7. The lowest BCUT2D eigenvalue weighted by molar-refractivity contribution is 0.0905. The van der Waals surface area contributed by atoms with E-state index < -0.39 is 0 Å². The molecule has 2 aromatic rings. The molecule has 1 saturated heterocycles. The van der Waals surface area contributed by atoms with E-state index in [0.29, 0.717) is 12.0 Å². The number of rotatable bonds is 5. The van der Waals surface area contributed by atoms with Gasteiger partial charge < -0.3 is 10.2 Å². The van der Waals surface area contributed by atoms with Crippen LogP contribution in [0.5, 0.6) is 0 Å². The molecule has 2 aliphatic carbocycles. The number of fused-ring (bicyclic) bond motifs is 1. The molecule has 5 rings (SSSR count). The molecule has 3 aliphatic rings. The van der Waals surface area contributed by atoms with Crippen LogP contribution in [0.3, 0.4) is 0 Å². The summed E-state index contributed by atoms with van der Waals surface area (Å²) < 4.78 is 0. The van der Waals surface area contributed by atoms with E-state index >= 15 is 0 Å². The van der Waals surface area contributed by atoms with Gasteiger partial charge in [0.15, 0.2) is 0 Å². The van der Waals surface area contributed by atoms with Gasteiger partial charge >= 0.3 is 0 Å². The number of piperidine rings is 1.